The van der Waals surface area contributed by atoms with E-state index < -0.39 is 0 Å². The molecule has 0 amide bonds. The number of aromatic nitrogens is 1. The van der Waals surface area contributed by atoms with Gasteiger partial charge in [0.25, 0.3) is 0 Å². The fourth-order valence-corrected chi connectivity index (χ4v) is 2.47. The fraction of sp³-hybridized carbons (Fsp3) is 0.167. The highest BCUT2D eigenvalue weighted by molar-refractivity contribution is 5.84. The molecule has 0 saturated carbocycles. The van der Waals surface area contributed by atoms with E-state index in [9.17, 15) is 5.11 Å². The number of hydrogen-bond donors (Lipinski definition) is 2. The fourth-order valence-electron chi connectivity index (χ4n) is 2.47. The molecule has 106 valence electrons. The van der Waals surface area contributed by atoms with Gasteiger partial charge in [-0.05, 0) is 37.6 Å². The lowest BCUT2D eigenvalue weighted by Crippen LogP contribution is -2.03. The van der Waals surface area contributed by atoms with Gasteiger partial charge in [-0.15, -0.1) is 0 Å². The monoisotopic (exact) mass is 278 g/mol. The van der Waals surface area contributed by atoms with Crippen LogP contribution in [0.25, 0.3) is 10.9 Å². The average Bonchev–Trinajstić information content (AvgIpc) is 2.47. The Morgan fingerprint density at radius 3 is 2.71 bits per heavy atom. The van der Waals surface area contributed by atoms with Crippen molar-refractivity contribution in [1.82, 2.24) is 4.98 Å². The molecule has 3 nitrogen and oxygen atoms in total. The summed E-state index contributed by atoms with van der Waals surface area (Å²) in [5, 5.41) is 14.2. The number of fused-ring (bicyclic) bond motifs is 1. The van der Waals surface area contributed by atoms with Crippen molar-refractivity contribution in [3.63, 3.8) is 0 Å². The third-order valence-corrected chi connectivity index (χ3v) is 3.60. The summed E-state index contributed by atoms with van der Waals surface area (Å²) in [6, 6.07) is 15.7. The molecule has 0 aliphatic rings. The number of phenolic OH excluding ortho intramolecular Hbond substituents is 1. The summed E-state index contributed by atoms with van der Waals surface area (Å²) in [5.74, 6) is 0.223. The molecule has 0 radical (unpaired) electrons. The molecule has 1 heterocycles. The third-order valence-electron chi connectivity index (χ3n) is 3.60. The van der Waals surface area contributed by atoms with Crippen LogP contribution in [0.15, 0.2) is 48.5 Å². The number of rotatable bonds is 3. The van der Waals surface area contributed by atoms with Crippen LogP contribution >= 0.6 is 0 Å². The molecule has 21 heavy (non-hydrogen) atoms. The number of aromatic hydroxyl groups is 1. The minimum atomic E-state index is 0.223. The van der Waals surface area contributed by atoms with E-state index in [2.05, 4.69) is 42.3 Å². The smallest absolute Gasteiger partial charge is 0.141 e. The van der Waals surface area contributed by atoms with E-state index in [0.717, 1.165) is 16.8 Å². The molecule has 0 saturated heterocycles. The lowest BCUT2D eigenvalue weighted by atomic mass is 10.1. The minimum Gasteiger partial charge on any atom is -0.506 e. The van der Waals surface area contributed by atoms with Crippen LogP contribution in [0.5, 0.6) is 5.75 Å². The van der Waals surface area contributed by atoms with E-state index in [1.165, 1.54) is 11.1 Å². The molecule has 0 atom stereocenters. The van der Waals surface area contributed by atoms with Gasteiger partial charge in [0.1, 0.15) is 11.3 Å². The molecule has 3 rings (SSSR count). The maximum Gasteiger partial charge on any atom is 0.141 e. The van der Waals surface area contributed by atoms with Crippen molar-refractivity contribution in [2.45, 2.75) is 20.4 Å². The van der Waals surface area contributed by atoms with Crippen LogP contribution in [0.1, 0.15) is 16.8 Å². The normalized spacial score (nSPS) is 10.8. The van der Waals surface area contributed by atoms with Crippen molar-refractivity contribution >= 4 is 16.6 Å². The molecule has 2 aromatic carbocycles. The Hall–Kier alpha value is -2.55. The lowest BCUT2D eigenvalue weighted by molar-refractivity contribution is 0.480. The van der Waals surface area contributed by atoms with Gasteiger partial charge in [0, 0.05) is 11.1 Å². The number of nitrogens with one attached hydrogen (secondary N) is 1. The van der Waals surface area contributed by atoms with Gasteiger partial charge in [-0.3, -0.25) is 0 Å². The van der Waals surface area contributed by atoms with Crippen molar-refractivity contribution in [1.29, 1.82) is 0 Å². The molecule has 0 aliphatic carbocycles. The zero-order valence-corrected chi connectivity index (χ0v) is 12.2. The minimum absolute atomic E-state index is 0.223. The largest absolute Gasteiger partial charge is 0.506 e. The van der Waals surface area contributed by atoms with Crippen LogP contribution in [-0.4, -0.2) is 10.1 Å². The number of anilines is 1. The maximum absolute atomic E-state index is 9.87. The second-order valence-corrected chi connectivity index (χ2v) is 5.32. The van der Waals surface area contributed by atoms with Crippen LogP contribution in [0.3, 0.4) is 0 Å². The first kappa shape index (κ1) is 13.4. The van der Waals surface area contributed by atoms with Gasteiger partial charge in [0.15, 0.2) is 0 Å². The molecular formula is C18H18N2O. The lowest BCUT2D eigenvalue weighted by Gasteiger charge is -2.10. The Morgan fingerprint density at radius 1 is 1.05 bits per heavy atom. The first-order valence-corrected chi connectivity index (χ1v) is 7.02. The van der Waals surface area contributed by atoms with E-state index in [1.54, 1.807) is 6.07 Å². The summed E-state index contributed by atoms with van der Waals surface area (Å²) < 4.78 is 0. The van der Waals surface area contributed by atoms with Gasteiger partial charge in [-0.2, -0.15) is 0 Å². The topological polar surface area (TPSA) is 45.1 Å². The molecule has 0 unspecified atom stereocenters. The summed E-state index contributed by atoms with van der Waals surface area (Å²) in [6.07, 6.45) is 0. The van der Waals surface area contributed by atoms with Crippen molar-refractivity contribution in [2.24, 2.45) is 0 Å². The van der Waals surface area contributed by atoms with Crippen LogP contribution < -0.4 is 5.32 Å². The molecule has 1 aromatic heterocycles. The highest BCUT2D eigenvalue weighted by Gasteiger charge is 2.03. The summed E-state index contributed by atoms with van der Waals surface area (Å²) in [5.41, 5.74) is 5.15. The van der Waals surface area contributed by atoms with Crippen LogP contribution in [0.2, 0.25) is 0 Å². The second kappa shape index (κ2) is 5.44. The summed E-state index contributed by atoms with van der Waals surface area (Å²) in [4.78, 5) is 4.52. The van der Waals surface area contributed by atoms with Gasteiger partial charge in [-0.25, -0.2) is 4.98 Å². The molecule has 0 fully saturated rings. The number of phenols is 1. The van der Waals surface area contributed by atoms with Crippen molar-refractivity contribution in [2.75, 3.05) is 5.32 Å². The number of para-hydroxylation sites is 1. The van der Waals surface area contributed by atoms with Gasteiger partial charge in [0.2, 0.25) is 0 Å². The van der Waals surface area contributed by atoms with Crippen molar-refractivity contribution in [3.05, 3.63) is 65.4 Å². The Bertz CT molecular complexity index is 796. The van der Waals surface area contributed by atoms with Crippen LogP contribution in [-0.2, 0) is 6.54 Å². The maximum atomic E-state index is 9.87. The summed E-state index contributed by atoms with van der Waals surface area (Å²) in [6.45, 7) is 4.81. The van der Waals surface area contributed by atoms with Gasteiger partial charge >= 0.3 is 0 Å². The first-order chi connectivity index (χ1) is 10.1. The molecule has 2 N–H and O–H groups in total. The Labute approximate surface area is 124 Å². The quantitative estimate of drug-likeness (QED) is 0.755. The Morgan fingerprint density at radius 2 is 1.90 bits per heavy atom. The van der Waals surface area contributed by atoms with Gasteiger partial charge < -0.3 is 10.4 Å². The van der Waals surface area contributed by atoms with Gasteiger partial charge in [-0.1, -0.05) is 35.9 Å². The summed E-state index contributed by atoms with van der Waals surface area (Å²) >= 11 is 0. The Balaban J connectivity index is 1.83. The van der Waals surface area contributed by atoms with Gasteiger partial charge in [0.05, 0.1) is 12.2 Å². The molecule has 3 aromatic rings. The second-order valence-electron chi connectivity index (χ2n) is 5.32. The van der Waals surface area contributed by atoms with Crippen molar-refractivity contribution in [3.8, 4) is 5.75 Å². The molecule has 0 spiro atoms. The van der Waals surface area contributed by atoms with Crippen molar-refractivity contribution < 1.29 is 5.11 Å². The first-order valence-electron chi connectivity index (χ1n) is 7.02. The predicted molar refractivity (Wildman–Crippen MR) is 86.7 cm³/mol. The predicted octanol–water partition coefficient (Wildman–Crippen LogP) is 4.17. The highest BCUT2D eigenvalue weighted by Crippen LogP contribution is 2.23. The molecule has 0 aliphatic heterocycles. The number of nitrogens with zero attached hydrogens (tertiary/aromatic N) is 1. The molecule has 3 heteroatoms. The van der Waals surface area contributed by atoms with Crippen LogP contribution in [0, 0.1) is 13.8 Å². The highest BCUT2D eigenvalue weighted by atomic mass is 16.3. The van der Waals surface area contributed by atoms with E-state index in [-0.39, 0.29) is 5.75 Å². The summed E-state index contributed by atoms with van der Waals surface area (Å²) in [7, 11) is 0. The van der Waals surface area contributed by atoms with E-state index in [1.807, 2.05) is 24.3 Å². The number of benzene rings is 2. The average molecular weight is 278 g/mol. The third kappa shape index (κ3) is 2.82. The molecule has 0 bridgehead atoms. The standard InChI is InChI=1S/C18H18N2O/c1-12-6-9-16(13(2)10-12)19-11-15-8-7-14-4-3-5-17(21)18(14)20-15/h3-10,19,21H,11H2,1-2H3. The van der Waals surface area contributed by atoms with E-state index >= 15 is 0 Å². The molecular weight excluding hydrogens is 260 g/mol. The number of hydrogen-bond acceptors (Lipinski definition) is 3. The van der Waals surface area contributed by atoms with Crippen LogP contribution in [0.4, 0.5) is 5.69 Å². The van der Waals surface area contributed by atoms with E-state index in [4.69, 9.17) is 0 Å². The number of aryl methyl sites for hydroxylation is 2. The zero-order chi connectivity index (χ0) is 14.8. The SMILES string of the molecule is Cc1ccc(NCc2ccc3cccc(O)c3n2)c(C)c1. The zero-order valence-electron chi connectivity index (χ0n) is 12.2. The number of pyridine rings is 1. The van der Waals surface area contributed by atoms with E-state index in [0.29, 0.717) is 12.1 Å². The Kier molecular flexibility index (Phi) is 3.48.